The molecule has 1 aromatic carbocycles. The van der Waals surface area contributed by atoms with Gasteiger partial charge in [0.1, 0.15) is 0 Å². The van der Waals surface area contributed by atoms with E-state index in [0.29, 0.717) is 25.7 Å². The summed E-state index contributed by atoms with van der Waals surface area (Å²) in [6.07, 6.45) is 3.47. The fourth-order valence-corrected chi connectivity index (χ4v) is 3.09. The van der Waals surface area contributed by atoms with Crippen molar-refractivity contribution < 1.29 is 9.47 Å². The first kappa shape index (κ1) is 19.7. The number of nitrogens with zero attached hydrogens (tertiary/aromatic N) is 2. The van der Waals surface area contributed by atoms with Crippen LogP contribution in [0.4, 0.5) is 0 Å². The molecular formula is C20H33N3O2. The molecule has 1 aliphatic rings. The van der Waals surface area contributed by atoms with Crippen molar-refractivity contribution in [3.05, 3.63) is 35.9 Å². The Morgan fingerprint density at radius 2 is 1.92 bits per heavy atom. The molecule has 25 heavy (non-hydrogen) atoms. The average molecular weight is 348 g/mol. The molecule has 0 amide bonds. The van der Waals surface area contributed by atoms with Gasteiger partial charge in [0.05, 0.1) is 19.8 Å². The number of hydrogen-bond acceptors (Lipinski definition) is 3. The normalized spacial score (nSPS) is 17.9. The van der Waals surface area contributed by atoms with Gasteiger partial charge < -0.3 is 19.7 Å². The van der Waals surface area contributed by atoms with Crippen LogP contribution in [-0.4, -0.2) is 64.0 Å². The second kappa shape index (κ2) is 11.9. The highest BCUT2D eigenvalue weighted by Gasteiger charge is 2.25. The largest absolute Gasteiger partial charge is 0.379 e. The average Bonchev–Trinajstić information content (AvgIpc) is 3.14. The molecule has 5 nitrogen and oxygen atoms in total. The van der Waals surface area contributed by atoms with Gasteiger partial charge in [0.15, 0.2) is 5.96 Å². The van der Waals surface area contributed by atoms with Crippen molar-refractivity contribution in [2.24, 2.45) is 4.99 Å². The lowest BCUT2D eigenvalue weighted by atomic mass is 9.99. The third-order valence-corrected chi connectivity index (χ3v) is 4.51. The summed E-state index contributed by atoms with van der Waals surface area (Å²) in [5.74, 6) is 1.57. The van der Waals surface area contributed by atoms with E-state index in [1.165, 1.54) is 18.4 Å². The number of rotatable bonds is 10. The number of benzene rings is 1. The number of unbranched alkanes of at least 4 members (excludes halogenated alkanes) is 1. The molecule has 1 atom stereocenters. The highest BCUT2D eigenvalue weighted by molar-refractivity contribution is 5.80. The number of nitrogens with one attached hydrogen (secondary N) is 1. The summed E-state index contributed by atoms with van der Waals surface area (Å²) in [4.78, 5) is 6.76. The molecule has 140 valence electrons. The summed E-state index contributed by atoms with van der Waals surface area (Å²) in [6.45, 7) is 7.86. The van der Waals surface area contributed by atoms with Gasteiger partial charge in [-0.2, -0.15) is 0 Å². The van der Waals surface area contributed by atoms with Crippen molar-refractivity contribution in [1.29, 1.82) is 0 Å². The van der Waals surface area contributed by atoms with Crippen LogP contribution in [0.25, 0.3) is 0 Å². The maximum Gasteiger partial charge on any atom is 0.193 e. The number of likely N-dealkylation sites (tertiary alicyclic amines) is 1. The minimum absolute atomic E-state index is 0.594. The molecule has 1 heterocycles. The van der Waals surface area contributed by atoms with Gasteiger partial charge in [0, 0.05) is 39.2 Å². The smallest absolute Gasteiger partial charge is 0.193 e. The molecule has 0 saturated carbocycles. The standard InChI is InChI=1S/C20H33N3O2/c1-3-4-13-24-15-16-25-14-11-22-20(21-2)23-12-10-19(17-23)18-8-6-5-7-9-18/h5-9,19H,3-4,10-17H2,1-2H3,(H,21,22). The van der Waals surface area contributed by atoms with E-state index in [4.69, 9.17) is 9.47 Å². The van der Waals surface area contributed by atoms with Gasteiger partial charge >= 0.3 is 0 Å². The summed E-state index contributed by atoms with van der Waals surface area (Å²) >= 11 is 0. The molecule has 1 fully saturated rings. The minimum atomic E-state index is 0.594. The molecule has 1 aromatic rings. The fourth-order valence-electron chi connectivity index (χ4n) is 3.09. The molecule has 1 N–H and O–H groups in total. The predicted molar refractivity (Wildman–Crippen MR) is 103 cm³/mol. The van der Waals surface area contributed by atoms with Crippen molar-refractivity contribution in [1.82, 2.24) is 10.2 Å². The maximum absolute atomic E-state index is 5.60. The van der Waals surface area contributed by atoms with E-state index in [-0.39, 0.29) is 0 Å². The quantitative estimate of drug-likeness (QED) is 0.402. The number of hydrogen-bond donors (Lipinski definition) is 1. The Balaban J connectivity index is 1.60. The topological polar surface area (TPSA) is 46.1 Å². The van der Waals surface area contributed by atoms with Crippen LogP contribution in [0, 0.1) is 0 Å². The highest BCUT2D eigenvalue weighted by Crippen LogP contribution is 2.26. The molecule has 0 bridgehead atoms. The minimum Gasteiger partial charge on any atom is -0.379 e. The Labute approximate surface area is 152 Å². The Morgan fingerprint density at radius 1 is 1.16 bits per heavy atom. The van der Waals surface area contributed by atoms with E-state index in [2.05, 4.69) is 52.5 Å². The van der Waals surface area contributed by atoms with Gasteiger partial charge in [0.25, 0.3) is 0 Å². The lowest BCUT2D eigenvalue weighted by molar-refractivity contribution is 0.0486. The van der Waals surface area contributed by atoms with Gasteiger partial charge in [-0.25, -0.2) is 0 Å². The van der Waals surface area contributed by atoms with Crippen LogP contribution in [0.2, 0.25) is 0 Å². The number of guanidine groups is 1. The molecule has 0 aromatic heterocycles. The van der Waals surface area contributed by atoms with Crippen molar-refractivity contribution in [2.45, 2.75) is 32.1 Å². The molecular weight excluding hydrogens is 314 g/mol. The SMILES string of the molecule is CCCCOCCOCCNC(=NC)N1CCC(c2ccccc2)C1. The van der Waals surface area contributed by atoms with E-state index in [0.717, 1.165) is 38.6 Å². The van der Waals surface area contributed by atoms with Gasteiger partial charge in [-0.1, -0.05) is 43.7 Å². The van der Waals surface area contributed by atoms with Gasteiger partial charge in [-0.3, -0.25) is 4.99 Å². The summed E-state index contributed by atoms with van der Waals surface area (Å²) in [5.41, 5.74) is 1.42. The Bertz CT molecular complexity index is 493. The fraction of sp³-hybridized carbons (Fsp3) is 0.650. The van der Waals surface area contributed by atoms with Gasteiger partial charge in [0.2, 0.25) is 0 Å². The van der Waals surface area contributed by atoms with Crippen molar-refractivity contribution in [3.63, 3.8) is 0 Å². The van der Waals surface area contributed by atoms with E-state index in [1.54, 1.807) is 0 Å². The monoisotopic (exact) mass is 347 g/mol. The molecule has 1 aliphatic heterocycles. The van der Waals surface area contributed by atoms with Gasteiger partial charge in [-0.15, -0.1) is 0 Å². The highest BCUT2D eigenvalue weighted by atomic mass is 16.5. The van der Waals surface area contributed by atoms with Crippen molar-refractivity contribution in [3.8, 4) is 0 Å². The van der Waals surface area contributed by atoms with Gasteiger partial charge in [-0.05, 0) is 18.4 Å². The molecule has 0 spiro atoms. The lowest BCUT2D eigenvalue weighted by Gasteiger charge is -2.21. The van der Waals surface area contributed by atoms with Crippen LogP contribution in [0.15, 0.2) is 35.3 Å². The third kappa shape index (κ3) is 7.04. The third-order valence-electron chi connectivity index (χ3n) is 4.51. The Morgan fingerprint density at radius 3 is 2.64 bits per heavy atom. The maximum atomic E-state index is 5.60. The van der Waals surface area contributed by atoms with Crippen LogP contribution >= 0.6 is 0 Å². The van der Waals surface area contributed by atoms with Crippen LogP contribution < -0.4 is 5.32 Å². The zero-order valence-corrected chi connectivity index (χ0v) is 15.7. The number of ether oxygens (including phenoxy) is 2. The van der Waals surface area contributed by atoms with E-state index < -0.39 is 0 Å². The zero-order chi connectivity index (χ0) is 17.7. The summed E-state index contributed by atoms with van der Waals surface area (Å²) in [5, 5.41) is 3.40. The predicted octanol–water partition coefficient (Wildman–Crippen LogP) is 2.88. The van der Waals surface area contributed by atoms with Crippen molar-refractivity contribution in [2.75, 3.05) is 53.1 Å². The summed E-state index contributed by atoms with van der Waals surface area (Å²) in [6, 6.07) is 10.8. The van der Waals surface area contributed by atoms with Crippen molar-refractivity contribution >= 4 is 5.96 Å². The number of aliphatic imine (C=N–C) groups is 1. The van der Waals surface area contributed by atoms with Crippen LogP contribution in [-0.2, 0) is 9.47 Å². The first-order valence-electron chi connectivity index (χ1n) is 9.51. The first-order chi connectivity index (χ1) is 12.3. The molecule has 0 aliphatic carbocycles. The van der Waals surface area contributed by atoms with E-state index >= 15 is 0 Å². The first-order valence-corrected chi connectivity index (χ1v) is 9.51. The van der Waals surface area contributed by atoms with Crippen LogP contribution in [0.3, 0.4) is 0 Å². The molecule has 0 radical (unpaired) electrons. The second-order valence-corrected chi connectivity index (χ2v) is 6.39. The molecule has 1 unspecified atom stereocenters. The molecule has 1 saturated heterocycles. The molecule has 5 heteroatoms. The van der Waals surface area contributed by atoms with Crippen LogP contribution in [0.1, 0.15) is 37.7 Å². The van der Waals surface area contributed by atoms with E-state index in [1.807, 2.05) is 7.05 Å². The lowest BCUT2D eigenvalue weighted by Crippen LogP contribution is -2.41. The summed E-state index contributed by atoms with van der Waals surface area (Å²) < 4.78 is 11.1. The van der Waals surface area contributed by atoms with Crippen LogP contribution in [0.5, 0.6) is 0 Å². The van der Waals surface area contributed by atoms with E-state index in [9.17, 15) is 0 Å². The Hall–Kier alpha value is -1.59. The second-order valence-electron chi connectivity index (χ2n) is 6.39. The molecule has 2 rings (SSSR count). The summed E-state index contributed by atoms with van der Waals surface area (Å²) in [7, 11) is 1.85. The Kier molecular flexibility index (Phi) is 9.37. The zero-order valence-electron chi connectivity index (χ0n) is 15.7.